The van der Waals surface area contributed by atoms with Crippen LogP contribution in [0.1, 0.15) is 5.76 Å². The van der Waals surface area contributed by atoms with Crippen LogP contribution in [-0.4, -0.2) is 40.3 Å². The molecule has 7 nitrogen and oxygen atoms in total. The molecule has 1 heterocycles. The summed E-state index contributed by atoms with van der Waals surface area (Å²) < 4.78 is 52.0. The van der Waals surface area contributed by atoms with Crippen molar-refractivity contribution in [3.05, 3.63) is 78.5 Å². The number of halogens is 1. The van der Waals surface area contributed by atoms with Crippen molar-refractivity contribution in [1.29, 1.82) is 0 Å². The molecule has 170 valence electrons. The van der Waals surface area contributed by atoms with Crippen LogP contribution < -0.4 is 14.4 Å². The Balaban J connectivity index is 1.70. The summed E-state index contributed by atoms with van der Waals surface area (Å²) in [5, 5.41) is 2.69. The van der Waals surface area contributed by atoms with Crippen molar-refractivity contribution in [3.8, 4) is 5.75 Å². The summed E-state index contributed by atoms with van der Waals surface area (Å²) in [6.45, 7) is -0.226. The first-order valence-electron chi connectivity index (χ1n) is 9.70. The van der Waals surface area contributed by atoms with Gasteiger partial charge in [0.15, 0.2) is 0 Å². The van der Waals surface area contributed by atoms with E-state index in [4.69, 9.17) is 9.15 Å². The third kappa shape index (κ3) is 6.04. The molecule has 1 N–H and O–H groups in total. The Labute approximate surface area is 190 Å². The molecule has 0 aliphatic heterocycles. The molecule has 0 aliphatic rings. The van der Waals surface area contributed by atoms with Gasteiger partial charge in [0.25, 0.3) is 10.0 Å². The Morgan fingerprint density at radius 1 is 1.12 bits per heavy atom. The fourth-order valence-electron chi connectivity index (χ4n) is 2.84. The highest BCUT2D eigenvalue weighted by Gasteiger charge is 2.29. The first kappa shape index (κ1) is 23.7. The second-order valence-electron chi connectivity index (χ2n) is 6.62. The average molecular weight is 479 g/mol. The molecule has 32 heavy (non-hydrogen) atoms. The van der Waals surface area contributed by atoms with Gasteiger partial charge in [-0.3, -0.25) is 9.10 Å². The van der Waals surface area contributed by atoms with E-state index in [1.165, 1.54) is 49.6 Å². The maximum absolute atomic E-state index is 14.5. The Morgan fingerprint density at radius 3 is 2.53 bits per heavy atom. The van der Waals surface area contributed by atoms with Gasteiger partial charge in [-0.05, 0) is 48.5 Å². The van der Waals surface area contributed by atoms with Crippen LogP contribution in [0.25, 0.3) is 0 Å². The van der Waals surface area contributed by atoms with Crippen molar-refractivity contribution in [2.75, 3.05) is 30.3 Å². The maximum atomic E-state index is 14.5. The smallest absolute Gasteiger partial charge is 0.264 e. The summed E-state index contributed by atoms with van der Waals surface area (Å²) in [7, 11) is -2.74. The van der Waals surface area contributed by atoms with Crippen LogP contribution in [0.15, 0.2) is 76.2 Å². The molecule has 1 aromatic heterocycles. The van der Waals surface area contributed by atoms with Crippen molar-refractivity contribution >= 4 is 33.4 Å². The summed E-state index contributed by atoms with van der Waals surface area (Å²) in [6.07, 6.45) is 1.60. The zero-order valence-corrected chi connectivity index (χ0v) is 19.0. The molecule has 0 bridgehead atoms. The zero-order chi connectivity index (χ0) is 23.0. The molecule has 10 heteroatoms. The lowest BCUT2D eigenvalue weighted by molar-refractivity contribution is -0.119. The SMILES string of the molecule is COc1ccc(S(=O)(=O)N(CC(=O)NCCSCc2ccco2)c2ccccc2F)cc1. The number of nitrogens with one attached hydrogen (secondary N) is 1. The maximum Gasteiger partial charge on any atom is 0.264 e. The van der Waals surface area contributed by atoms with Crippen molar-refractivity contribution < 1.29 is 26.8 Å². The second kappa shape index (κ2) is 11.1. The number of rotatable bonds is 11. The minimum Gasteiger partial charge on any atom is -0.497 e. The minimum absolute atomic E-state index is 0.0802. The van der Waals surface area contributed by atoms with Crippen LogP contribution in [0, 0.1) is 5.82 Å². The fourth-order valence-corrected chi connectivity index (χ4v) is 5.03. The highest BCUT2D eigenvalue weighted by atomic mass is 32.2. The molecule has 0 spiro atoms. The summed E-state index contributed by atoms with van der Waals surface area (Å²) >= 11 is 1.56. The minimum atomic E-state index is -4.20. The number of benzene rings is 2. The number of carbonyl (C=O) groups is 1. The predicted octanol–water partition coefficient (Wildman–Crippen LogP) is 3.67. The third-order valence-electron chi connectivity index (χ3n) is 4.45. The predicted molar refractivity (Wildman–Crippen MR) is 122 cm³/mol. The van der Waals surface area contributed by atoms with Crippen LogP contribution in [0.5, 0.6) is 5.75 Å². The number of para-hydroxylation sites is 1. The summed E-state index contributed by atoms with van der Waals surface area (Å²) in [5.41, 5.74) is -0.203. The van der Waals surface area contributed by atoms with Crippen LogP contribution in [0.2, 0.25) is 0 Å². The molecule has 0 fully saturated rings. The molecule has 0 radical (unpaired) electrons. The lowest BCUT2D eigenvalue weighted by Gasteiger charge is -2.24. The van der Waals surface area contributed by atoms with Crippen molar-refractivity contribution in [1.82, 2.24) is 5.32 Å². The highest BCUT2D eigenvalue weighted by Crippen LogP contribution is 2.27. The highest BCUT2D eigenvalue weighted by molar-refractivity contribution is 7.98. The van der Waals surface area contributed by atoms with Gasteiger partial charge in [-0.1, -0.05) is 12.1 Å². The summed E-state index contributed by atoms with van der Waals surface area (Å²) in [4.78, 5) is 12.4. The average Bonchev–Trinajstić information content (AvgIpc) is 3.31. The number of methoxy groups -OCH3 is 1. The first-order valence-corrected chi connectivity index (χ1v) is 12.3. The van der Waals surface area contributed by atoms with Gasteiger partial charge in [0.05, 0.1) is 29.7 Å². The van der Waals surface area contributed by atoms with Crippen molar-refractivity contribution in [3.63, 3.8) is 0 Å². The molecule has 0 aliphatic carbocycles. The lowest BCUT2D eigenvalue weighted by atomic mass is 10.3. The molecule has 3 aromatic rings. The lowest BCUT2D eigenvalue weighted by Crippen LogP contribution is -2.41. The van der Waals surface area contributed by atoms with E-state index < -0.39 is 28.3 Å². The molecule has 0 saturated carbocycles. The number of hydrogen-bond donors (Lipinski definition) is 1. The number of carbonyl (C=O) groups excluding carboxylic acids is 1. The van der Waals surface area contributed by atoms with E-state index in [0.29, 0.717) is 23.8 Å². The van der Waals surface area contributed by atoms with E-state index in [1.807, 2.05) is 6.07 Å². The van der Waals surface area contributed by atoms with E-state index in [1.54, 1.807) is 24.1 Å². The van der Waals surface area contributed by atoms with E-state index in [0.717, 1.165) is 16.1 Å². The topological polar surface area (TPSA) is 88.9 Å². The van der Waals surface area contributed by atoms with Gasteiger partial charge < -0.3 is 14.5 Å². The van der Waals surface area contributed by atoms with Gasteiger partial charge in [0.2, 0.25) is 5.91 Å². The van der Waals surface area contributed by atoms with Gasteiger partial charge in [-0.15, -0.1) is 0 Å². The van der Waals surface area contributed by atoms with Crippen molar-refractivity contribution in [2.24, 2.45) is 0 Å². The van der Waals surface area contributed by atoms with Crippen LogP contribution in [-0.2, 0) is 20.6 Å². The molecule has 3 rings (SSSR count). The quantitative estimate of drug-likeness (QED) is 0.423. The van der Waals surface area contributed by atoms with Gasteiger partial charge in [0.1, 0.15) is 23.9 Å². The standard InChI is InChI=1S/C22H23FN2O5S2/c1-29-17-8-10-19(11-9-17)32(27,28)25(21-7-3-2-6-20(21)23)15-22(26)24-12-14-31-16-18-5-4-13-30-18/h2-11,13H,12,14-16H2,1H3,(H,24,26). The third-order valence-corrected chi connectivity index (χ3v) is 7.20. The molecule has 0 unspecified atom stereocenters. The van der Waals surface area contributed by atoms with E-state index >= 15 is 0 Å². The number of ether oxygens (including phenoxy) is 1. The molecule has 0 atom stereocenters. The van der Waals surface area contributed by atoms with E-state index in [9.17, 15) is 17.6 Å². The molecule has 0 saturated heterocycles. The van der Waals surface area contributed by atoms with E-state index in [-0.39, 0.29) is 10.6 Å². The largest absolute Gasteiger partial charge is 0.497 e. The second-order valence-corrected chi connectivity index (χ2v) is 9.59. The van der Waals surface area contributed by atoms with Gasteiger partial charge in [-0.2, -0.15) is 11.8 Å². The molecular weight excluding hydrogens is 455 g/mol. The Hall–Kier alpha value is -2.98. The Morgan fingerprint density at radius 2 is 1.88 bits per heavy atom. The number of nitrogens with zero attached hydrogens (tertiary/aromatic N) is 1. The Bertz CT molecular complexity index is 1120. The number of thioether (sulfide) groups is 1. The zero-order valence-electron chi connectivity index (χ0n) is 17.4. The number of anilines is 1. The normalized spacial score (nSPS) is 11.2. The summed E-state index contributed by atoms with van der Waals surface area (Å²) in [5.74, 6) is 1.30. The van der Waals surface area contributed by atoms with Crippen LogP contribution >= 0.6 is 11.8 Å². The monoisotopic (exact) mass is 478 g/mol. The van der Waals surface area contributed by atoms with Crippen LogP contribution in [0.4, 0.5) is 10.1 Å². The van der Waals surface area contributed by atoms with Gasteiger partial charge in [0, 0.05) is 12.3 Å². The fraction of sp³-hybridized carbons (Fsp3) is 0.227. The molecule has 1 amide bonds. The number of sulfonamides is 1. The summed E-state index contributed by atoms with van der Waals surface area (Å²) in [6, 6.07) is 14.8. The number of furan rings is 1. The van der Waals surface area contributed by atoms with Crippen molar-refractivity contribution in [2.45, 2.75) is 10.6 Å². The molecular formula is C22H23FN2O5S2. The first-order chi connectivity index (χ1) is 15.4. The number of hydrogen-bond acceptors (Lipinski definition) is 6. The Kier molecular flexibility index (Phi) is 8.18. The molecule has 2 aromatic carbocycles. The van der Waals surface area contributed by atoms with Crippen LogP contribution in [0.3, 0.4) is 0 Å². The van der Waals surface area contributed by atoms with Gasteiger partial charge in [-0.25, -0.2) is 12.8 Å². The van der Waals surface area contributed by atoms with Gasteiger partial charge >= 0.3 is 0 Å². The van der Waals surface area contributed by atoms with E-state index in [2.05, 4.69) is 5.32 Å². The number of amides is 1.